The van der Waals surface area contributed by atoms with Gasteiger partial charge in [0, 0.05) is 35.6 Å². The monoisotopic (exact) mass is 388 g/mol. The normalized spacial score (nSPS) is 10.9. The van der Waals surface area contributed by atoms with Crippen LogP contribution in [0, 0.1) is 5.82 Å². The molecule has 0 saturated heterocycles. The van der Waals surface area contributed by atoms with Crippen molar-refractivity contribution in [2.45, 2.75) is 13.1 Å². The molecule has 0 fully saturated rings. The van der Waals surface area contributed by atoms with Gasteiger partial charge in [-0.15, -0.1) is 0 Å². The van der Waals surface area contributed by atoms with Gasteiger partial charge in [-0.1, -0.05) is 24.3 Å². The molecule has 0 saturated carbocycles. The van der Waals surface area contributed by atoms with Gasteiger partial charge in [-0.2, -0.15) is 0 Å². The number of halogens is 1. The van der Waals surface area contributed by atoms with Crippen molar-refractivity contribution in [3.05, 3.63) is 83.9 Å². The number of methoxy groups -OCH3 is 1. The Morgan fingerprint density at radius 1 is 1.07 bits per heavy atom. The Hall–Kier alpha value is -3.51. The fourth-order valence-corrected chi connectivity index (χ4v) is 3.15. The van der Waals surface area contributed by atoms with Gasteiger partial charge in [-0.3, -0.25) is 4.98 Å². The second kappa shape index (κ2) is 8.24. The summed E-state index contributed by atoms with van der Waals surface area (Å²) >= 11 is 0. The van der Waals surface area contributed by atoms with E-state index in [4.69, 9.17) is 10.5 Å². The number of anilines is 1. The van der Waals surface area contributed by atoms with Crippen LogP contribution >= 0.6 is 0 Å². The van der Waals surface area contributed by atoms with Crippen LogP contribution in [-0.2, 0) is 13.1 Å². The van der Waals surface area contributed by atoms with Crippen molar-refractivity contribution in [2.75, 3.05) is 12.4 Å². The van der Waals surface area contributed by atoms with Crippen LogP contribution in [0.2, 0.25) is 0 Å². The van der Waals surface area contributed by atoms with Gasteiger partial charge in [-0.05, 0) is 42.0 Å². The molecule has 5 nitrogen and oxygen atoms in total. The van der Waals surface area contributed by atoms with Crippen molar-refractivity contribution in [1.82, 2.24) is 9.97 Å². The van der Waals surface area contributed by atoms with Crippen LogP contribution in [0.5, 0.6) is 5.75 Å². The van der Waals surface area contributed by atoms with Crippen molar-refractivity contribution in [3.8, 4) is 17.0 Å². The second-order valence-corrected chi connectivity index (χ2v) is 6.64. The van der Waals surface area contributed by atoms with E-state index in [1.165, 1.54) is 0 Å². The highest BCUT2D eigenvalue weighted by Crippen LogP contribution is 2.28. The molecule has 0 aliphatic carbocycles. The molecule has 2 aromatic carbocycles. The smallest absolute Gasteiger partial charge is 0.140 e. The third-order valence-electron chi connectivity index (χ3n) is 4.76. The molecule has 0 aliphatic rings. The Morgan fingerprint density at radius 2 is 1.90 bits per heavy atom. The maximum atomic E-state index is 15.2. The molecule has 2 aromatic heterocycles. The Balaban J connectivity index is 1.60. The van der Waals surface area contributed by atoms with Crippen LogP contribution in [0.25, 0.3) is 22.0 Å². The molecule has 0 spiro atoms. The first-order chi connectivity index (χ1) is 14.2. The fraction of sp³-hybridized carbons (Fsp3) is 0.130. The molecule has 2 heterocycles. The average Bonchev–Trinajstić information content (AvgIpc) is 2.78. The minimum Gasteiger partial charge on any atom is -0.497 e. The molecule has 0 bridgehead atoms. The molecular weight excluding hydrogens is 367 g/mol. The van der Waals surface area contributed by atoms with Crippen LogP contribution in [-0.4, -0.2) is 17.1 Å². The Morgan fingerprint density at radius 3 is 2.66 bits per heavy atom. The predicted molar refractivity (Wildman–Crippen MR) is 113 cm³/mol. The molecule has 0 radical (unpaired) electrons. The Bertz CT molecular complexity index is 1150. The average molecular weight is 388 g/mol. The van der Waals surface area contributed by atoms with Crippen LogP contribution in [0.1, 0.15) is 11.3 Å². The predicted octanol–water partition coefficient (Wildman–Crippen LogP) is 4.52. The molecule has 3 N–H and O–H groups in total. The van der Waals surface area contributed by atoms with E-state index in [2.05, 4.69) is 15.3 Å². The van der Waals surface area contributed by atoms with Gasteiger partial charge in [0.25, 0.3) is 0 Å². The number of hydrogen-bond donors (Lipinski definition) is 2. The Labute approximate surface area is 168 Å². The molecule has 0 atom stereocenters. The van der Waals surface area contributed by atoms with Gasteiger partial charge in [0.1, 0.15) is 17.4 Å². The van der Waals surface area contributed by atoms with E-state index in [1.54, 1.807) is 31.5 Å². The van der Waals surface area contributed by atoms with Crippen molar-refractivity contribution in [2.24, 2.45) is 5.73 Å². The lowest BCUT2D eigenvalue weighted by Gasteiger charge is -2.10. The van der Waals surface area contributed by atoms with E-state index in [-0.39, 0.29) is 12.4 Å². The van der Waals surface area contributed by atoms with Crippen molar-refractivity contribution in [3.63, 3.8) is 0 Å². The molecule has 146 valence electrons. The first-order valence-corrected chi connectivity index (χ1v) is 9.29. The van der Waals surface area contributed by atoms with E-state index in [0.29, 0.717) is 34.7 Å². The first kappa shape index (κ1) is 18.8. The van der Waals surface area contributed by atoms with Crippen LogP contribution < -0.4 is 15.8 Å². The zero-order chi connectivity index (χ0) is 20.2. The van der Waals surface area contributed by atoms with Crippen LogP contribution in [0.4, 0.5) is 10.2 Å². The second-order valence-electron chi connectivity index (χ2n) is 6.64. The lowest BCUT2D eigenvalue weighted by atomic mass is 10.0. The number of nitrogens with zero attached hydrogens (tertiary/aromatic N) is 2. The van der Waals surface area contributed by atoms with Gasteiger partial charge in [0.15, 0.2) is 0 Å². The molecule has 0 unspecified atom stereocenters. The number of aromatic nitrogens is 2. The summed E-state index contributed by atoms with van der Waals surface area (Å²) in [6.45, 7) is 0.870. The van der Waals surface area contributed by atoms with Crippen molar-refractivity contribution in [1.29, 1.82) is 0 Å². The van der Waals surface area contributed by atoms with Gasteiger partial charge >= 0.3 is 0 Å². The largest absolute Gasteiger partial charge is 0.497 e. The maximum Gasteiger partial charge on any atom is 0.140 e. The standard InChI is InChI=1S/C23H21FN4O/c1-29-18-8-5-15(6-9-18)13-27-22-4-2-3-21(28-22)19-10-7-16-14-26-17(12-25)11-20(16)23(19)24/h2-11,14H,12-13,25H2,1H3,(H,27,28). The summed E-state index contributed by atoms with van der Waals surface area (Å²) in [6, 6.07) is 18.6. The van der Waals surface area contributed by atoms with Crippen molar-refractivity contribution >= 4 is 16.6 Å². The minimum absolute atomic E-state index is 0.266. The summed E-state index contributed by atoms with van der Waals surface area (Å²) in [7, 11) is 1.64. The number of benzene rings is 2. The van der Waals surface area contributed by atoms with E-state index < -0.39 is 0 Å². The van der Waals surface area contributed by atoms with Gasteiger partial charge in [0.05, 0.1) is 18.5 Å². The molecule has 0 amide bonds. The minimum atomic E-state index is -0.320. The molecular formula is C23H21FN4O. The van der Waals surface area contributed by atoms with Crippen LogP contribution in [0.3, 0.4) is 0 Å². The van der Waals surface area contributed by atoms with E-state index in [0.717, 1.165) is 16.7 Å². The fourth-order valence-electron chi connectivity index (χ4n) is 3.15. The topological polar surface area (TPSA) is 73.1 Å². The SMILES string of the molecule is COc1ccc(CNc2cccc(-c3ccc4cnc(CN)cc4c3F)n2)cc1. The number of ether oxygens (including phenoxy) is 1. The highest BCUT2D eigenvalue weighted by Gasteiger charge is 2.12. The highest BCUT2D eigenvalue weighted by atomic mass is 19.1. The molecule has 4 aromatic rings. The first-order valence-electron chi connectivity index (χ1n) is 9.29. The number of rotatable bonds is 6. The number of fused-ring (bicyclic) bond motifs is 1. The van der Waals surface area contributed by atoms with E-state index >= 15 is 4.39 Å². The third-order valence-corrected chi connectivity index (χ3v) is 4.76. The molecule has 6 heteroatoms. The van der Waals surface area contributed by atoms with Crippen LogP contribution in [0.15, 0.2) is 66.9 Å². The van der Waals surface area contributed by atoms with Gasteiger partial charge in [-0.25, -0.2) is 9.37 Å². The number of hydrogen-bond acceptors (Lipinski definition) is 5. The van der Waals surface area contributed by atoms with Gasteiger partial charge in [0.2, 0.25) is 0 Å². The lowest BCUT2D eigenvalue weighted by molar-refractivity contribution is 0.414. The summed E-state index contributed by atoms with van der Waals surface area (Å²) < 4.78 is 20.4. The summed E-state index contributed by atoms with van der Waals surface area (Å²) in [5, 5.41) is 4.51. The number of pyridine rings is 2. The molecule has 4 rings (SSSR count). The number of nitrogens with two attached hydrogens (primary N) is 1. The van der Waals surface area contributed by atoms with E-state index in [9.17, 15) is 0 Å². The Kier molecular flexibility index (Phi) is 5.35. The maximum absolute atomic E-state index is 15.2. The third kappa shape index (κ3) is 4.02. The zero-order valence-corrected chi connectivity index (χ0v) is 16.0. The summed E-state index contributed by atoms with van der Waals surface area (Å²) in [4.78, 5) is 8.81. The van der Waals surface area contributed by atoms with Crippen molar-refractivity contribution < 1.29 is 9.13 Å². The van der Waals surface area contributed by atoms with Gasteiger partial charge < -0.3 is 15.8 Å². The lowest BCUT2D eigenvalue weighted by Crippen LogP contribution is -2.02. The summed E-state index contributed by atoms with van der Waals surface area (Å²) in [5.74, 6) is 1.17. The number of nitrogens with one attached hydrogen (secondary N) is 1. The highest BCUT2D eigenvalue weighted by molar-refractivity contribution is 5.87. The van der Waals surface area contributed by atoms with E-state index in [1.807, 2.05) is 42.5 Å². The molecule has 29 heavy (non-hydrogen) atoms. The molecule has 0 aliphatic heterocycles. The summed E-state index contributed by atoms with van der Waals surface area (Å²) in [5.41, 5.74) is 8.40. The summed E-state index contributed by atoms with van der Waals surface area (Å²) in [6.07, 6.45) is 1.64. The zero-order valence-electron chi connectivity index (χ0n) is 16.0. The quantitative estimate of drug-likeness (QED) is 0.508.